The molecule has 2 amide bonds. The van der Waals surface area contributed by atoms with Crippen molar-refractivity contribution < 1.29 is 14.0 Å². The van der Waals surface area contributed by atoms with Crippen LogP contribution in [0.15, 0.2) is 18.2 Å². The molecule has 0 N–H and O–H groups in total. The van der Waals surface area contributed by atoms with Crippen molar-refractivity contribution in [1.82, 2.24) is 9.80 Å². The summed E-state index contributed by atoms with van der Waals surface area (Å²) in [6.07, 6.45) is 3.51. The summed E-state index contributed by atoms with van der Waals surface area (Å²) in [5.41, 5.74) is 0.940. The highest BCUT2D eigenvalue weighted by atomic mass is 19.1. The Balaban J connectivity index is 1.64. The van der Waals surface area contributed by atoms with E-state index in [1.165, 1.54) is 12.1 Å². The van der Waals surface area contributed by atoms with Crippen LogP contribution in [0.1, 0.15) is 70.0 Å². The lowest BCUT2D eigenvalue weighted by Crippen LogP contribution is -2.44. The van der Waals surface area contributed by atoms with Crippen molar-refractivity contribution >= 4 is 11.8 Å². The molecule has 1 unspecified atom stereocenters. The van der Waals surface area contributed by atoms with Gasteiger partial charge in [0.25, 0.3) is 0 Å². The monoisotopic (exact) mass is 399 g/mol. The maximum atomic E-state index is 13.9. The lowest BCUT2D eigenvalue weighted by Gasteiger charge is -2.36. The molecule has 2 saturated heterocycles. The summed E-state index contributed by atoms with van der Waals surface area (Å²) in [6.45, 7) is 8.05. The molecule has 1 aromatic rings. The Bertz CT molecular complexity index is 816. The average Bonchev–Trinajstić information content (AvgIpc) is 3.15. The number of rotatable bonds is 3. The number of piperidine rings is 1. The van der Waals surface area contributed by atoms with Crippen LogP contribution >= 0.6 is 0 Å². The third-order valence-electron chi connectivity index (χ3n) is 5.85. The molecule has 0 saturated carbocycles. The lowest BCUT2D eigenvalue weighted by molar-refractivity contribution is -0.142. The smallest absolute Gasteiger partial charge is 0.226 e. The van der Waals surface area contributed by atoms with Gasteiger partial charge in [-0.1, -0.05) is 20.8 Å². The van der Waals surface area contributed by atoms with Crippen molar-refractivity contribution in [2.45, 2.75) is 58.9 Å². The standard InChI is InChI=1S/C23H30FN3O2/c1-23(2,3)14-21(28)26-9-6-17(7-10-26)22(29)27-8-4-5-20(27)18-11-16(15-25)12-19(24)13-18/h11-13,17,20H,4-10,14H2,1-3H3. The summed E-state index contributed by atoms with van der Waals surface area (Å²) in [5, 5.41) is 9.12. The predicted molar refractivity (Wildman–Crippen MR) is 108 cm³/mol. The molecule has 0 aromatic heterocycles. The Morgan fingerprint density at radius 1 is 1.14 bits per heavy atom. The van der Waals surface area contributed by atoms with Crippen LogP contribution < -0.4 is 0 Å². The number of hydrogen-bond acceptors (Lipinski definition) is 3. The van der Waals surface area contributed by atoms with E-state index in [2.05, 4.69) is 20.8 Å². The van der Waals surface area contributed by atoms with Crippen LogP contribution in [0.2, 0.25) is 0 Å². The predicted octanol–water partition coefficient (Wildman–Crippen LogP) is 4.04. The third kappa shape index (κ3) is 5.14. The first-order valence-corrected chi connectivity index (χ1v) is 10.5. The van der Waals surface area contributed by atoms with Crippen molar-refractivity contribution in [1.29, 1.82) is 5.26 Å². The number of nitriles is 1. The Morgan fingerprint density at radius 2 is 1.83 bits per heavy atom. The number of benzene rings is 1. The summed E-state index contributed by atoms with van der Waals surface area (Å²) in [5.74, 6) is -0.285. The van der Waals surface area contributed by atoms with Gasteiger partial charge in [-0.25, -0.2) is 4.39 Å². The van der Waals surface area contributed by atoms with E-state index >= 15 is 0 Å². The van der Waals surface area contributed by atoms with Gasteiger partial charge in [0.1, 0.15) is 5.82 Å². The van der Waals surface area contributed by atoms with E-state index in [1.54, 1.807) is 6.07 Å². The van der Waals surface area contributed by atoms with Crippen molar-refractivity contribution in [3.05, 3.63) is 35.1 Å². The molecule has 2 aliphatic heterocycles. The largest absolute Gasteiger partial charge is 0.343 e. The Labute approximate surface area is 172 Å². The molecule has 2 aliphatic rings. The van der Waals surface area contributed by atoms with E-state index in [-0.39, 0.29) is 34.8 Å². The molecule has 6 heteroatoms. The topological polar surface area (TPSA) is 64.4 Å². The fourth-order valence-electron chi connectivity index (χ4n) is 4.42. The molecule has 1 atom stereocenters. The SMILES string of the molecule is CC(C)(C)CC(=O)N1CCC(C(=O)N2CCCC2c2cc(F)cc(C#N)c2)CC1. The Morgan fingerprint density at radius 3 is 2.45 bits per heavy atom. The van der Waals surface area contributed by atoms with Gasteiger partial charge in [-0.15, -0.1) is 0 Å². The first-order valence-electron chi connectivity index (χ1n) is 10.5. The fraction of sp³-hybridized carbons (Fsp3) is 0.609. The van der Waals surface area contributed by atoms with E-state index in [0.29, 0.717) is 44.5 Å². The average molecular weight is 400 g/mol. The highest BCUT2D eigenvalue weighted by molar-refractivity contribution is 5.81. The van der Waals surface area contributed by atoms with Crippen LogP contribution in [0, 0.1) is 28.5 Å². The molecule has 156 valence electrons. The zero-order valence-electron chi connectivity index (χ0n) is 17.6. The third-order valence-corrected chi connectivity index (χ3v) is 5.85. The number of halogens is 1. The van der Waals surface area contributed by atoms with Gasteiger partial charge in [-0.2, -0.15) is 5.26 Å². The summed E-state index contributed by atoms with van der Waals surface area (Å²) in [4.78, 5) is 29.4. The molecular weight excluding hydrogens is 369 g/mol. The summed E-state index contributed by atoms with van der Waals surface area (Å²) < 4.78 is 13.9. The number of nitrogens with zero attached hydrogens (tertiary/aromatic N) is 3. The number of amides is 2. The minimum absolute atomic E-state index is 0.0419. The van der Waals surface area contributed by atoms with Gasteiger partial charge < -0.3 is 9.80 Å². The molecule has 3 rings (SSSR count). The Kier molecular flexibility index (Phi) is 6.26. The van der Waals surface area contributed by atoms with E-state index in [0.717, 1.165) is 12.8 Å². The molecule has 29 heavy (non-hydrogen) atoms. The van der Waals surface area contributed by atoms with Gasteiger partial charge in [0.05, 0.1) is 17.7 Å². The van der Waals surface area contributed by atoms with Gasteiger partial charge >= 0.3 is 0 Å². The number of hydrogen-bond donors (Lipinski definition) is 0. The number of carbonyl (C=O) groups is 2. The van der Waals surface area contributed by atoms with Gasteiger partial charge in [-0.05, 0) is 54.9 Å². The zero-order valence-corrected chi connectivity index (χ0v) is 17.6. The molecular formula is C23H30FN3O2. The molecule has 0 spiro atoms. The molecule has 1 aromatic carbocycles. The minimum Gasteiger partial charge on any atom is -0.343 e. The highest BCUT2D eigenvalue weighted by Crippen LogP contribution is 2.35. The molecule has 0 bridgehead atoms. The second-order valence-corrected chi connectivity index (χ2v) is 9.47. The van der Waals surface area contributed by atoms with E-state index in [1.807, 2.05) is 15.9 Å². The second kappa shape index (κ2) is 8.52. The zero-order chi connectivity index (χ0) is 21.2. The number of carbonyl (C=O) groups excluding carboxylic acids is 2. The van der Waals surface area contributed by atoms with Crippen LogP contribution in [0.3, 0.4) is 0 Å². The minimum atomic E-state index is -0.441. The van der Waals surface area contributed by atoms with Crippen LogP contribution in [-0.4, -0.2) is 41.2 Å². The first-order chi connectivity index (χ1) is 13.7. The molecule has 2 heterocycles. The molecule has 0 aliphatic carbocycles. The molecule has 0 radical (unpaired) electrons. The first kappa shape index (κ1) is 21.3. The summed E-state index contributed by atoms with van der Waals surface area (Å²) >= 11 is 0. The van der Waals surface area contributed by atoms with Crippen molar-refractivity contribution in [3.63, 3.8) is 0 Å². The van der Waals surface area contributed by atoms with Crippen LogP contribution in [0.4, 0.5) is 4.39 Å². The van der Waals surface area contributed by atoms with E-state index in [9.17, 15) is 14.0 Å². The molecule has 2 fully saturated rings. The maximum Gasteiger partial charge on any atom is 0.226 e. The molecule has 5 nitrogen and oxygen atoms in total. The van der Waals surface area contributed by atoms with Gasteiger partial charge in [0.15, 0.2) is 0 Å². The van der Waals surface area contributed by atoms with E-state index < -0.39 is 5.82 Å². The van der Waals surface area contributed by atoms with E-state index in [4.69, 9.17) is 5.26 Å². The van der Waals surface area contributed by atoms with Crippen molar-refractivity contribution in [3.8, 4) is 6.07 Å². The van der Waals surface area contributed by atoms with Crippen molar-refractivity contribution in [2.75, 3.05) is 19.6 Å². The highest BCUT2D eigenvalue weighted by Gasteiger charge is 2.36. The Hall–Kier alpha value is -2.42. The summed E-state index contributed by atoms with van der Waals surface area (Å²) in [6, 6.07) is 6.15. The van der Waals surface area contributed by atoms with Gasteiger partial charge in [0.2, 0.25) is 11.8 Å². The van der Waals surface area contributed by atoms with Crippen LogP contribution in [-0.2, 0) is 9.59 Å². The summed E-state index contributed by atoms with van der Waals surface area (Å²) in [7, 11) is 0. The van der Waals surface area contributed by atoms with Crippen LogP contribution in [0.25, 0.3) is 0 Å². The second-order valence-electron chi connectivity index (χ2n) is 9.47. The van der Waals surface area contributed by atoms with Gasteiger partial charge in [-0.3, -0.25) is 9.59 Å². The van der Waals surface area contributed by atoms with Crippen LogP contribution in [0.5, 0.6) is 0 Å². The normalized spacial score (nSPS) is 20.6. The number of likely N-dealkylation sites (tertiary alicyclic amines) is 2. The fourth-order valence-corrected chi connectivity index (χ4v) is 4.42. The van der Waals surface area contributed by atoms with Crippen molar-refractivity contribution in [2.24, 2.45) is 11.3 Å². The lowest BCUT2D eigenvalue weighted by atomic mass is 9.90. The maximum absolute atomic E-state index is 13.9. The quantitative estimate of drug-likeness (QED) is 0.771. The van der Waals surface area contributed by atoms with Gasteiger partial charge in [0, 0.05) is 32.0 Å².